The van der Waals surface area contributed by atoms with E-state index in [0.29, 0.717) is 0 Å². The third kappa shape index (κ3) is 0.843. The van der Waals surface area contributed by atoms with Gasteiger partial charge in [0.05, 0.1) is 11.7 Å². The second-order valence-corrected chi connectivity index (χ2v) is 3.29. The average molecular weight is 160 g/mol. The van der Waals surface area contributed by atoms with Crippen molar-refractivity contribution in [2.45, 2.75) is 20.8 Å². The lowest BCUT2D eigenvalue weighted by Gasteiger charge is -2.03. The molecule has 0 fully saturated rings. The van der Waals surface area contributed by atoms with Gasteiger partial charge in [0, 0.05) is 5.39 Å². The minimum Gasteiger partial charge on any atom is -0.278 e. The van der Waals surface area contributed by atoms with Crippen LogP contribution in [-0.4, -0.2) is 10.2 Å². The molecule has 0 atom stereocenters. The summed E-state index contributed by atoms with van der Waals surface area (Å²) in [7, 11) is 0. The van der Waals surface area contributed by atoms with Crippen molar-refractivity contribution < 1.29 is 0 Å². The molecule has 0 unspecified atom stereocenters. The Labute approximate surface area is 71.6 Å². The van der Waals surface area contributed by atoms with E-state index in [0.717, 1.165) is 5.52 Å². The van der Waals surface area contributed by atoms with Gasteiger partial charge < -0.3 is 0 Å². The van der Waals surface area contributed by atoms with Gasteiger partial charge in [-0.05, 0) is 37.5 Å². The van der Waals surface area contributed by atoms with Crippen molar-refractivity contribution in [1.82, 2.24) is 10.2 Å². The highest BCUT2D eigenvalue weighted by Crippen LogP contribution is 2.22. The molecule has 0 aliphatic heterocycles. The highest BCUT2D eigenvalue weighted by Gasteiger charge is 2.04. The Kier molecular flexibility index (Phi) is 1.43. The number of H-pyrrole nitrogens is 1. The van der Waals surface area contributed by atoms with Crippen LogP contribution in [0.1, 0.15) is 16.7 Å². The van der Waals surface area contributed by atoms with E-state index in [1.807, 2.05) is 6.20 Å². The maximum absolute atomic E-state index is 4.04. The predicted molar refractivity (Wildman–Crippen MR) is 50.3 cm³/mol. The van der Waals surface area contributed by atoms with E-state index in [-0.39, 0.29) is 0 Å². The van der Waals surface area contributed by atoms with Gasteiger partial charge in [-0.1, -0.05) is 6.07 Å². The highest BCUT2D eigenvalue weighted by molar-refractivity contribution is 5.85. The molecule has 2 heteroatoms. The summed E-state index contributed by atoms with van der Waals surface area (Å²) >= 11 is 0. The van der Waals surface area contributed by atoms with Gasteiger partial charge in [0.1, 0.15) is 0 Å². The molecule has 1 N–H and O–H groups in total. The molecule has 12 heavy (non-hydrogen) atoms. The zero-order valence-corrected chi connectivity index (χ0v) is 7.60. The molecule has 0 saturated heterocycles. The van der Waals surface area contributed by atoms with Gasteiger partial charge >= 0.3 is 0 Å². The molecular weight excluding hydrogens is 148 g/mol. The largest absolute Gasteiger partial charge is 0.278 e. The first-order valence-corrected chi connectivity index (χ1v) is 4.10. The number of nitrogens with zero attached hydrogens (tertiary/aromatic N) is 1. The number of rotatable bonds is 0. The molecule has 1 aromatic carbocycles. The third-order valence-electron chi connectivity index (χ3n) is 2.46. The van der Waals surface area contributed by atoms with Crippen molar-refractivity contribution in [3.8, 4) is 0 Å². The van der Waals surface area contributed by atoms with Crippen LogP contribution < -0.4 is 0 Å². The van der Waals surface area contributed by atoms with Crippen LogP contribution in [0, 0.1) is 20.8 Å². The van der Waals surface area contributed by atoms with Crippen molar-refractivity contribution in [2.75, 3.05) is 0 Å². The summed E-state index contributed by atoms with van der Waals surface area (Å²) in [5, 5.41) is 8.29. The normalized spacial score (nSPS) is 10.9. The summed E-state index contributed by atoms with van der Waals surface area (Å²) in [6.45, 7) is 6.37. The molecule has 0 saturated carbocycles. The fraction of sp³-hybridized carbons (Fsp3) is 0.300. The van der Waals surface area contributed by atoms with Crippen LogP contribution in [0.15, 0.2) is 12.3 Å². The number of nitrogens with one attached hydrogen (secondary N) is 1. The van der Waals surface area contributed by atoms with Gasteiger partial charge in [-0.25, -0.2) is 0 Å². The minimum absolute atomic E-state index is 1.16. The van der Waals surface area contributed by atoms with E-state index in [4.69, 9.17) is 0 Å². The fourth-order valence-electron chi connectivity index (χ4n) is 1.59. The number of aryl methyl sites for hydroxylation is 3. The lowest BCUT2D eigenvalue weighted by atomic mass is 10.0. The van der Waals surface area contributed by atoms with Crippen LogP contribution in [0.2, 0.25) is 0 Å². The molecule has 1 heterocycles. The molecule has 0 amide bonds. The number of aromatic amines is 1. The number of hydrogen-bond acceptors (Lipinski definition) is 1. The van der Waals surface area contributed by atoms with Crippen molar-refractivity contribution in [3.05, 3.63) is 29.0 Å². The van der Waals surface area contributed by atoms with Crippen LogP contribution in [0.3, 0.4) is 0 Å². The Morgan fingerprint density at radius 2 is 1.92 bits per heavy atom. The summed E-state index contributed by atoms with van der Waals surface area (Å²) in [6.07, 6.45) is 1.89. The van der Waals surface area contributed by atoms with Crippen LogP contribution in [0.4, 0.5) is 0 Å². The van der Waals surface area contributed by atoms with Gasteiger partial charge in [0.2, 0.25) is 0 Å². The molecule has 2 aromatic rings. The summed E-state index contributed by atoms with van der Waals surface area (Å²) in [5.74, 6) is 0. The molecule has 0 bridgehead atoms. The van der Waals surface area contributed by atoms with Crippen LogP contribution in [0.25, 0.3) is 10.9 Å². The number of aromatic nitrogens is 2. The summed E-state index contributed by atoms with van der Waals surface area (Å²) in [4.78, 5) is 0. The lowest BCUT2D eigenvalue weighted by molar-refractivity contribution is 1.11. The Balaban J connectivity index is 2.97. The molecule has 0 spiro atoms. The second-order valence-electron chi connectivity index (χ2n) is 3.29. The van der Waals surface area contributed by atoms with E-state index >= 15 is 0 Å². The first-order valence-electron chi connectivity index (χ1n) is 4.10. The first-order chi connectivity index (χ1) is 5.70. The fourth-order valence-corrected chi connectivity index (χ4v) is 1.59. The van der Waals surface area contributed by atoms with E-state index in [1.165, 1.54) is 22.1 Å². The third-order valence-corrected chi connectivity index (χ3v) is 2.46. The SMILES string of the molecule is Cc1cc(C)c2[nH]ncc2c1C. The Morgan fingerprint density at radius 3 is 2.67 bits per heavy atom. The summed E-state index contributed by atoms with van der Waals surface area (Å²) in [5.41, 5.74) is 5.09. The topological polar surface area (TPSA) is 28.7 Å². The first kappa shape index (κ1) is 7.35. The molecule has 1 aromatic heterocycles. The van der Waals surface area contributed by atoms with Gasteiger partial charge in [-0.15, -0.1) is 0 Å². The van der Waals surface area contributed by atoms with Gasteiger partial charge in [-0.3, -0.25) is 5.10 Å². The standard InChI is InChI=1S/C10H12N2/c1-6-4-7(2)10-9(8(6)3)5-11-12-10/h4-5H,1-3H3,(H,11,12). The molecule has 62 valence electrons. The second kappa shape index (κ2) is 2.34. The summed E-state index contributed by atoms with van der Waals surface area (Å²) in [6, 6.07) is 2.19. The Morgan fingerprint density at radius 1 is 1.17 bits per heavy atom. The Hall–Kier alpha value is -1.31. The van der Waals surface area contributed by atoms with Crippen LogP contribution in [-0.2, 0) is 0 Å². The van der Waals surface area contributed by atoms with Crippen LogP contribution in [0.5, 0.6) is 0 Å². The highest BCUT2D eigenvalue weighted by atomic mass is 15.1. The zero-order valence-electron chi connectivity index (χ0n) is 7.60. The van der Waals surface area contributed by atoms with Gasteiger partial charge in [-0.2, -0.15) is 5.10 Å². The molecule has 2 rings (SSSR count). The molecule has 0 radical (unpaired) electrons. The van der Waals surface area contributed by atoms with Crippen molar-refractivity contribution in [2.24, 2.45) is 0 Å². The quantitative estimate of drug-likeness (QED) is 0.630. The number of fused-ring (bicyclic) bond motifs is 1. The maximum Gasteiger partial charge on any atom is 0.0682 e. The molecule has 0 aliphatic carbocycles. The average Bonchev–Trinajstić information content (AvgIpc) is 2.48. The molecule has 2 nitrogen and oxygen atoms in total. The number of benzene rings is 1. The van der Waals surface area contributed by atoms with E-state index in [9.17, 15) is 0 Å². The van der Waals surface area contributed by atoms with E-state index in [1.54, 1.807) is 0 Å². The molecular formula is C10H12N2. The lowest BCUT2D eigenvalue weighted by Crippen LogP contribution is -1.85. The van der Waals surface area contributed by atoms with Gasteiger partial charge in [0.15, 0.2) is 0 Å². The zero-order chi connectivity index (χ0) is 8.72. The number of hydrogen-bond donors (Lipinski definition) is 1. The van der Waals surface area contributed by atoms with E-state index < -0.39 is 0 Å². The monoisotopic (exact) mass is 160 g/mol. The predicted octanol–water partition coefficient (Wildman–Crippen LogP) is 2.49. The maximum atomic E-state index is 4.04. The molecule has 0 aliphatic rings. The van der Waals surface area contributed by atoms with Crippen molar-refractivity contribution >= 4 is 10.9 Å². The minimum atomic E-state index is 1.16. The smallest absolute Gasteiger partial charge is 0.0682 e. The van der Waals surface area contributed by atoms with Crippen molar-refractivity contribution in [3.63, 3.8) is 0 Å². The van der Waals surface area contributed by atoms with E-state index in [2.05, 4.69) is 37.0 Å². The van der Waals surface area contributed by atoms with Crippen molar-refractivity contribution in [1.29, 1.82) is 0 Å². The summed E-state index contributed by atoms with van der Waals surface area (Å²) < 4.78 is 0. The Bertz CT molecular complexity index is 427. The van der Waals surface area contributed by atoms with Gasteiger partial charge in [0.25, 0.3) is 0 Å². The van der Waals surface area contributed by atoms with Crippen LogP contribution >= 0.6 is 0 Å².